The van der Waals surface area contributed by atoms with Crippen LogP contribution in [0, 0.1) is 5.82 Å². The van der Waals surface area contributed by atoms with E-state index in [-0.39, 0.29) is 18.0 Å². The van der Waals surface area contributed by atoms with Gasteiger partial charge >= 0.3 is 0 Å². The second-order valence-corrected chi connectivity index (χ2v) is 6.09. The Balaban J connectivity index is 1.68. The van der Waals surface area contributed by atoms with E-state index in [0.717, 1.165) is 23.9 Å². The van der Waals surface area contributed by atoms with Gasteiger partial charge in [0.15, 0.2) is 5.96 Å². The van der Waals surface area contributed by atoms with E-state index >= 15 is 0 Å². The van der Waals surface area contributed by atoms with Crippen molar-refractivity contribution in [2.24, 2.45) is 12.0 Å². The van der Waals surface area contributed by atoms with E-state index in [4.69, 9.17) is 4.74 Å². The number of hydrogen-bond donors (Lipinski definition) is 1. The highest BCUT2D eigenvalue weighted by atomic mass is 19.1. The molecule has 0 aliphatic carbocycles. The Morgan fingerprint density at radius 2 is 2.12 bits per heavy atom. The molecule has 0 amide bonds. The van der Waals surface area contributed by atoms with Crippen LogP contribution in [0.3, 0.4) is 0 Å². The van der Waals surface area contributed by atoms with Gasteiger partial charge in [-0.15, -0.1) is 0 Å². The van der Waals surface area contributed by atoms with Gasteiger partial charge in [-0.25, -0.2) is 9.37 Å². The summed E-state index contributed by atoms with van der Waals surface area (Å²) >= 11 is 0. The SMILES string of the molecule is CN=C(NCc1ncnn1C)N1CC(C)OC(c2ccc(F)cc2)C1. The fourth-order valence-corrected chi connectivity index (χ4v) is 2.96. The van der Waals surface area contributed by atoms with Gasteiger partial charge in [0.05, 0.1) is 19.2 Å². The number of nitrogens with one attached hydrogen (secondary N) is 1. The summed E-state index contributed by atoms with van der Waals surface area (Å²) in [5, 5.41) is 7.39. The lowest BCUT2D eigenvalue weighted by atomic mass is 10.1. The van der Waals surface area contributed by atoms with Crippen molar-refractivity contribution in [2.75, 3.05) is 20.1 Å². The molecule has 3 rings (SSSR count). The lowest BCUT2D eigenvalue weighted by molar-refractivity contribution is -0.0605. The van der Waals surface area contributed by atoms with Gasteiger partial charge in [-0.2, -0.15) is 5.10 Å². The van der Waals surface area contributed by atoms with Crippen LogP contribution < -0.4 is 5.32 Å². The van der Waals surface area contributed by atoms with E-state index in [2.05, 4.69) is 25.3 Å². The fraction of sp³-hybridized carbons (Fsp3) is 0.471. The molecular formula is C17H23FN6O. The molecular weight excluding hydrogens is 323 g/mol. The molecule has 25 heavy (non-hydrogen) atoms. The molecule has 8 heteroatoms. The minimum Gasteiger partial charge on any atom is -0.367 e. The number of aryl methyl sites for hydroxylation is 1. The third kappa shape index (κ3) is 4.14. The topological polar surface area (TPSA) is 67.6 Å². The average Bonchev–Trinajstić information content (AvgIpc) is 3.01. The average molecular weight is 346 g/mol. The van der Waals surface area contributed by atoms with E-state index in [1.54, 1.807) is 23.9 Å². The number of hydrogen-bond acceptors (Lipinski definition) is 4. The van der Waals surface area contributed by atoms with Gasteiger partial charge in [0, 0.05) is 20.6 Å². The van der Waals surface area contributed by atoms with Crippen molar-refractivity contribution in [3.05, 3.63) is 47.8 Å². The smallest absolute Gasteiger partial charge is 0.194 e. The fourth-order valence-electron chi connectivity index (χ4n) is 2.96. The summed E-state index contributed by atoms with van der Waals surface area (Å²) in [6, 6.07) is 6.46. The Morgan fingerprint density at radius 3 is 2.76 bits per heavy atom. The lowest BCUT2D eigenvalue weighted by Crippen LogP contribution is -2.50. The zero-order valence-electron chi connectivity index (χ0n) is 14.7. The van der Waals surface area contributed by atoms with Crippen LogP contribution in [0.25, 0.3) is 0 Å². The van der Waals surface area contributed by atoms with Gasteiger partial charge in [0.25, 0.3) is 0 Å². The van der Waals surface area contributed by atoms with Gasteiger partial charge in [-0.1, -0.05) is 12.1 Å². The number of morpholine rings is 1. The van der Waals surface area contributed by atoms with Crippen molar-refractivity contribution in [1.82, 2.24) is 25.0 Å². The standard InChI is InChI=1S/C17H23FN6O/c1-12-9-24(10-15(25-12)13-4-6-14(18)7-5-13)17(19-2)20-8-16-21-11-22-23(16)3/h4-7,11-12,15H,8-10H2,1-3H3,(H,19,20). The molecule has 1 aliphatic heterocycles. The molecule has 1 aromatic carbocycles. The molecule has 1 N–H and O–H groups in total. The van der Waals surface area contributed by atoms with Crippen molar-refractivity contribution in [3.8, 4) is 0 Å². The number of ether oxygens (including phenoxy) is 1. The van der Waals surface area contributed by atoms with Crippen molar-refractivity contribution in [2.45, 2.75) is 25.7 Å². The molecule has 0 spiro atoms. The summed E-state index contributed by atoms with van der Waals surface area (Å²) in [6.07, 6.45) is 1.44. The highest BCUT2D eigenvalue weighted by molar-refractivity contribution is 5.80. The monoisotopic (exact) mass is 346 g/mol. The molecule has 134 valence electrons. The Morgan fingerprint density at radius 1 is 1.36 bits per heavy atom. The van der Waals surface area contributed by atoms with Gasteiger partial charge < -0.3 is 15.0 Å². The van der Waals surface area contributed by atoms with Gasteiger partial charge in [0.1, 0.15) is 24.1 Å². The summed E-state index contributed by atoms with van der Waals surface area (Å²) in [5.74, 6) is 1.37. The quantitative estimate of drug-likeness (QED) is 0.674. The van der Waals surface area contributed by atoms with Crippen LogP contribution in [-0.4, -0.2) is 51.9 Å². The first-order valence-corrected chi connectivity index (χ1v) is 8.26. The lowest BCUT2D eigenvalue weighted by Gasteiger charge is -2.38. The summed E-state index contributed by atoms with van der Waals surface area (Å²) < 4.78 is 20.9. The third-order valence-electron chi connectivity index (χ3n) is 4.22. The van der Waals surface area contributed by atoms with E-state index in [1.807, 2.05) is 14.0 Å². The van der Waals surface area contributed by atoms with Crippen LogP contribution >= 0.6 is 0 Å². The van der Waals surface area contributed by atoms with Gasteiger partial charge in [-0.3, -0.25) is 9.67 Å². The van der Waals surface area contributed by atoms with Gasteiger partial charge in [0.2, 0.25) is 0 Å². The van der Waals surface area contributed by atoms with Crippen molar-refractivity contribution < 1.29 is 9.13 Å². The van der Waals surface area contributed by atoms with Crippen LogP contribution in [0.4, 0.5) is 4.39 Å². The molecule has 0 saturated carbocycles. The predicted octanol–water partition coefficient (Wildman–Crippen LogP) is 1.49. The van der Waals surface area contributed by atoms with Crippen LogP contribution in [0.1, 0.15) is 24.4 Å². The maximum atomic E-state index is 13.2. The normalized spacial score (nSPS) is 21.4. The van der Waals surface area contributed by atoms with E-state index < -0.39 is 0 Å². The number of nitrogens with zero attached hydrogens (tertiary/aromatic N) is 5. The van der Waals surface area contributed by atoms with Crippen LogP contribution in [0.2, 0.25) is 0 Å². The van der Waals surface area contributed by atoms with Gasteiger partial charge in [-0.05, 0) is 24.6 Å². The van der Waals surface area contributed by atoms with Crippen molar-refractivity contribution >= 4 is 5.96 Å². The number of halogens is 1. The molecule has 1 fully saturated rings. The highest BCUT2D eigenvalue weighted by Crippen LogP contribution is 2.25. The Bertz CT molecular complexity index is 729. The second-order valence-electron chi connectivity index (χ2n) is 6.09. The van der Waals surface area contributed by atoms with Crippen molar-refractivity contribution in [1.29, 1.82) is 0 Å². The maximum Gasteiger partial charge on any atom is 0.194 e. The van der Waals surface area contributed by atoms with Crippen LogP contribution in [0.15, 0.2) is 35.6 Å². The minimum absolute atomic E-state index is 0.0391. The summed E-state index contributed by atoms with van der Waals surface area (Å²) in [4.78, 5) is 10.7. The first-order chi connectivity index (χ1) is 12.1. The Hall–Kier alpha value is -2.48. The molecule has 2 heterocycles. The first kappa shape index (κ1) is 17.3. The summed E-state index contributed by atoms with van der Waals surface area (Å²) in [7, 11) is 3.61. The van der Waals surface area contributed by atoms with Crippen LogP contribution in [-0.2, 0) is 18.3 Å². The van der Waals surface area contributed by atoms with Crippen LogP contribution in [0.5, 0.6) is 0 Å². The molecule has 0 radical (unpaired) electrons. The molecule has 1 aromatic heterocycles. The zero-order valence-corrected chi connectivity index (χ0v) is 14.7. The highest BCUT2D eigenvalue weighted by Gasteiger charge is 2.28. The third-order valence-corrected chi connectivity index (χ3v) is 4.22. The Kier molecular flexibility index (Phi) is 5.28. The molecule has 7 nitrogen and oxygen atoms in total. The molecule has 2 atom stereocenters. The molecule has 1 aliphatic rings. The molecule has 2 aromatic rings. The zero-order chi connectivity index (χ0) is 17.8. The minimum atomic E-state index is -0.245. The van der Waals surface area contributed by atoms with E-state index in [1.165, 1.54) is 18.5 Å². The summed E-state index contributed by atoms with van der Waals surface area (Å²) in [5.41, 5.74) is 0.960. The molecule has 1 saturated heterocycles. The van der Waals surface area contributed by atoms with Crippen molar-refractivity contribution in [3.63, 3.8) is 0 Å². The maximum absolute atomic E-state index is 13.2. The molecule has 0 bridgehead atoms. The predicted molar refractivity (Wildman–Crippen MR) is 92.5 cm³/mol. The first-order valence-electron chi connectivity index (χ1n) is 8.26. The van der Waals surface area contributed by atoms with E-state index in [9.17, 15) is 4.39 Å². The van der Waals surface area contributed by atoms with E-state index in [0.29, 0.717) is 13.1 Å². The number of aromatic nitrogens is 3. The number of guanidine groups is 1. The number of benzene rings is 1. The largest absolute Gasteiger partial charge is 0.367 e. The number of aliphatic imine (C=N–C) groups is 1. The Labute approximate surface area is 146 Å². The summed E-state index contributed by atoms with van der Waals surface area (Å²) in [6.45, 7) is 3.94. The second kappa shape index (κ2) is 7.60. The number of rotatable bonds is 3. The molecule has 2 unspecified atom stereocenters.